The third-order valence-corrected chi connectivity index (χ3v) is 5.77. The average molecular weight is 454 g/mol. The predicted molar refractivity (Wildman–Crippen MR) is 122 cm³/mol. The summed E-state index contributed by atoms with van der Waals surface area (Å²) in [6.07, 6.45) is 1.78. The molecular weight excluding hydrogens is 430 g/mol. The maximum atomic E-state index is 10.7. The quantitative estimate of drug-likeness (QED) is 0.368. The number of hydrogen-bond donors (Lipinski definition) is 2. The second-order valence-corrected chi connectivity index (χ2v) is 7.86. The van der Waals surface area contributed by atoms with Gasteiger partial charge in [-0.05, 0) is 37.4 Å². The zero-order chi connectivity index (χ0) is 20.4. The molecule has 4 rings (SSSR count). The summed E-state index contributed by atoms with van der Waals surface area (Å²) < 4.78 is 6.87. The van der Waals surface area contributed by atoms with Gasteiger partial charge in [-0.15, -0.1) is 0 Å². The first kappa shape index (κ1) is 19.7. The van der Waals surface area contributed by atoms with E-state index in [1.807, 2.05) is 42.5 Å². The maximum absolute atomic E-state index is 10.7. The molecule has 0 saturated carbocycles. The molecule has 3 aromatic rings. The molecule has 1 aliphatic rings. The number of nitrogens with one attached hydrogen (secondary N) is 1. The first-order chi connectivity index (χ1) is 14.1. The van der Waals surface area contributed by atoms with E-state index in [-0.39, 0.29) is 5.88 Å². The van der Waals surface area contributed by atoms with E-state index in [0.717, 1.165) is 57.5 Å². The molecular formula is C23H24BrN3O2. The van der Waals surface area contributed by atoms with Crippen LogP contribution in [0.25, 0.3) is 16.5 Å². The summed E-state index contributed by atoms with van der Waals surface area (Å²) in [6, 6.07) is 13.9. The molecule has 0 saturated heterocycles. The third-order valence-electron chi connectivity index (χ3n) is 5.28. The highest BCUT2D eigenvalue weighted by Crippen LogP contribution is 2.41. The predicted octanol–water partition coefficient (Wildman–Crippen LogP) is 5.47. The molecule has 0 radical (unpaired) electrons. The van der Waals surface area contributed by atoms with Gasteiger partial charge in [0, 0.05) is 33.1 Å². The van der Waals surface area contributed by atoms with Crippen LogP contribution in [0, 0.1) is 0 Å². The molecule has 0 spiro atoms. The van der Waals surface area contributed by atoms with Crippen molar-refractivity contribution in [3.05, 3.63) is 64.3 Å². The normalized spacial score (nSPS) is 14.6. The fourth-order valence-electron chi connectivity index (χ4n) is 3.67. The van der Waals surface area contributed by atoms with Crippen molar-refractivity contribution in [2.45, 2.75) is 13.8 Å². The van der Waals surface area contributed by atoms with Gasteiger partial charge in [-0.1, -0.05) is 48.0 Å². The second-order valence-electron chi connectivity index (χ2n) is 6.95. The number of H-pyrrole nitrogens is 1. The number of aromatic hydroxyl groups is 1. The van der Waals surface area contributed by atoms with E-state index in [1.54, 1.807) is 6.26 Å². The molecule has 150 valence electrons. The van der Waals surface area contributed by atoms with Gasteiger partial charge in [-0.3, -0.25) is 0 Å². The first-order valence-corrected chi connectivity index (χ1v) is 10.6. The summed E-state index contributed by atoms with van der Waals surface area (Å²) in [6.45, 7) is 7.78. The Kier molecular flexibility index (Phi) is 5.74. The van der Waals surface area contributed by atoms with Crippen molar-refractivity contribution in [3.63, 3.8) is 0 Å². The Labute approximate surface area is 178 Å². The van der Waals surface area contributed by atoms with E-state index in [0.29, 0.717) is 12.2 Å². The number of ether oxygens (including phenoxy) is 1. The van der Waals surface area contributed by atoms with Crippen LogP contribution >= 0.6 is 15.9 Å². The summed E-state index contributed by atoms with van der Waals surface area (Å²) in [5.41, 5.74) is 5.04. The highest BCUT2D eigenvalue weighted by Gasteiger charge is 2.27. The molecule has 6 heteroatoms. The zero-order valence-electron chi connectivity index (χ0n) is 16.6. The lowest BCUT2D eigenvalue weighted by Gasteiger charge is -2.17. The van der Waals surface area contributed by atoms with Crippen molar-refractivity contribution in [1.29, 1.82) is 0 Å². The number of halogens is 1. The summed E-state index contributed by atoms with van der Waals surface area (Å²) in [5, 5.41) is 11.6. The van der Waals surface area contributed by atoms with Crippen LogP contribution in [0.15, 0.2) is 58.2 Å². The number of aromatic amines is 1. The molecule has 0 aliphatic carbocycles. The van der Waals surface area contributed by atoms with Gasteiger partial charge >= 0.3 is 0 Å². The highest BCUT2D eigenvalue weighted by atomic mass is 79.9. The Morgan fingerprint density at radius 2 is 1.97 bits per heavy atom. The zero-order valence-corrected chi connectivity index (χ0v) is 18.2. The number of nitrogens with zero attached hydrogens (tertiary/aromatic N) is 2. The van der Waals surface area contributed by atoms with E-state index in [2.05, 4.69) is 39.7 Å². The van der Waals surface area contributed by atoms with Gasteiger partial charge in [0.1, 0.15) is 6.61 Å². The Bertz CT molecular complexity index is 1100. The number of allylic oxidation sites excluding steroid dienone is 1. The van der Waals surface area contributed by atoms with Crippen LogP contribution in [0.1, 0.15) is 25.0 Å². The molecule has 2 heterocycles. The van der Waals surface area contributed by atoms with Crippen LogP contribution in [0.2, 0.25) is 0 Å². The Balaban J connectivity index is 1.72. The fourth-order valence-corrected chi connectivity index (χ4v) is 4.03. The summed E-state index contributed by atoms with van der Waals surface area (Å²) >= 11 is 3.53. The standard InChI is InChI=1S/C23H24BrN3O2/c1-3-27(4-2)11-12-29-14-18-16-7-5-6-8-19(16)25-22(18)21-17-13-15(24)9-10-20(17)26-23(21)28/h5-10,13-14,26,28H,3-4,11-12H2,1-2H3/b18-14+. The topological polar surface area (TPSA) is 60.9 Å². The number of rotatable bonds is 7. The Morgan fingerprint density at radius 1 is 1.17 bits per heavy atom. The van der Waals surface area contributed by atoms with E-state index in [4.69, 9.17) is 9.73 Å². The number of likely N-dealkylation sites (N-methyl/N-ethyl adjacent to an activating group) is 1. The summed E-state index contributed by atoms with van der Waals surface area (Å²) in [5.74, 6) is 0.110. The van der Waals surface area contributed by atoms with Crippen molar-refractivity contribution in [2.24, 2.45) is 4.99 Å². The molecule has 1 aromatic heterocycles. The number of aliphatic imine (C=N–C) groups is 1. The van der Waals surface area contributed by atoms with Gasteiger partial charge in [0.2, 0.25) is 0 Å². The Hall–Kier alpha value is -2.57. The number of hydrogen-bond acceptors (Lipinski definition) is 4. The van der Waals surface area contributed by atoms with E-state index in [1.165, 1.54) is 0 Å². The molecule has 1 aliphatic heterocycles. The van der Waals surface area contributed by atoms with E-state index >= 15 is 0 Å². The monoisotopic (exact) mass is 453 g/mol. The van der Waals surface area contributed by atoms with Crippen LogP contribution in [0.4, 0.5) is 5.69 Å². The van der Waals surface area contributed by atoms with Gasteiger partial charge < -0.3 is 19.7 Å². The fraction of sp³-hybridized carbons (Fsp3) is 0.261. The minimum atomic E-state index is 0.110. The summed E-state index contributed by atoms with van der Waals surface area (Å²) in [4.78, 5) is 10.2. The molecule has 0 unspecified atom stereocenters. The largest absolute Gasteiger partial charge is 0.499 e. The van der Waals surface area contributed by atoms with Gasteiger partial charge in [0.05, 0.1) is 23.2 Å². The van der Waals surface area contributed by atoms with Crippen molar-refractivity contribution >= 4 is 43.8 Å². The summed E-state index contributed by atoms with van der Waals surface area (Å²) in [7, 11) is 0. The number of para-hydroxylation sites is 1. The van der Waals surface area contributed by atoms with Crippen LogP contribution in [-0.4, -0.2) is 46.9 Å². The third kappa shape index (κ3) is 3.82. The van der Waals surface area contributed by atoms with E-state index < -0.39 is 0 Å². The minimum Gasteiger partial charge on any atom is -0.499 e. The number of fused-ring (bicyclic) bond motifs is 2. The van der Waals surface area contributed by atoms with Crippen molar-refractivity contribution in [1.82, 2.24) is 9.88 Å². The van der Waals surface area contributed by atoms with Gasteiger partial charge in [-0.2, -0.15) is 0 Å². The average Bonchev–Trinajstić information content (AvgIpc) is 3.24. The first-order valence-electron chi connectivity index (χ1n) is 9.85. The van der Waals surface area contributed by atoms with Crippen molar-refractivity contribution in [2.75, 3.05) is 26.2 Å². The van der Waals surface area contributed by atoms with Crippen LogP contribution < -0.4 is 0 Å². The molecule has 0 bridgehead atoms. The lowest BCUT2D eigenvalue weighted by molar-refractivity contribution is 0.187. The molecule has 0 atom stereocenters. The van der Waals surface area contributed by atoms with Crippen molar-refractivity contribution in [3.8, 4) is 5.88 Å². The SMILES string of the molecule is CCN(CC)CCO/C=C1/C(c2c(O)[nH]c3ccc(Br)cc23)=Nc2ccccc21. The lowest BCUT2D eigenvalue weighted by Crippen LogP contribution is -2.26. The molecule has 0 fully saturated rings. The Morgan fingerprint density at radius 3 is 2.76 bits per heavy atom. The molecule has 0 amide bonds. The van der Waals surface area contributed by atoms with Gasteiger partial charge in [0.15, 0.2) is 5.88 Å². The van der Waals surface area contributed by atoms with Gasteiger partial charge in [-0.25, -0.2) is 4.99 Å². The highest BCUT2D eigenvalue weighted by molar-refractivity contribution is 9.10. The maximum Gasteiger partial charge on any atom is 0.199 e. The second kappa shape index (κ2) is 8.43. The molecule has 29 heavy (non-hydrogen) atoms. The number of benzene rings is 2. The molecule has 2 aromatic carbocycles. The van der Waals surface area contributed by atoms with Crippen LogP contribution in [0.3, 0.4) is 0 Å². The van der Waals surface area contributed by atoms with Crippen LogP contribution in [0.5, 0.6) is 5.88 Å². The molecule has 2 N–H and O–H groups in total. The van der Waals surface area contributed by atoms with E-state index in [9.17, 15) is 5.11 Å². The lowest BCUT2D eigenvalue weighted by atomic mass is 9.98. The smallest absolute Gasteiger partial charge is 0.199 e. The van der Waals surface area contributed by atoms with Crippen LogP contribution in [-0.2, 0) is 4.74 Å². The number of aromatic nitrogens is 1. The molecule has 5 nitrogen and oxygen atoms in total. The minimum absolute atomic E-state index is 0.110. The van der Waals surface area contributed by atoms with Crippen molar-refractivity contribution < 1.29 is 9.84 Å². The van der Waals surface area contributed by atoms with Gasteiger partial charge in [0.25, 0.3) is 0 Å².